The van der Waals surface area contributed by atoms with E-state index in [4.69, 9.17) is 10.8 Å². The zero-order chi connectivity index (χ0) is 13.3. The topological polar surface area (TPSA) is 104 Å². The Hall–Kier alpha value is -1.05. The molecule has 2 aliphatic rings. The number of aliphatic hydroxyl groups is 1. The van der Waals surface area contributed by atoms with Crippen LogP contribution in [0.15, 0.2) is 10.6 Å². The molecule has 1 amide bonds. The Bertz CT molecular complexity index is 410. The number of rotatable bonds is 6. The number of amides is 1. The van der Waals surface area contributed by atoms with Gasteiger partial charge in [0.25, 0.3) is 0 Å². The molecule has 2 heterocycles. The van der Waals surface area contributed by atoms with Gasteiger partial charge in [0.1, 0.15) is 5.70 Å². The highest BCUT2D eigenvalue weighted by atomic mass is 32.2. The van der Waals surface area contributed by atoms with Crippen molar-refractivity contribution in [3.8, 4) is 0 Å². The van der Waals surface area contributed by atoms with Crippen LogP contribution in [0, 0.1) is 5.92 Å². The smallest absolute Gasteiger partial charge is 0.353 e. The molecule has 18 heavy (non-hydrogen) atoms. The molecule has 0 aromatic heterocycles. The summed E-state index contributed by atoms with van der Waals surface area (Å²) in [7, 11) is 0. The number of aliphatic carboxylic acids is 1. The lowest BCUT2D eigenvalue weighted by molar-refractivity contribution is -0.155. The Morgan fingerprint density at radius 3 is 2.83 bits per heavy atom. The van der Waals surface area contributed by atoms with E-state index in [1.807, 2.05) is 0 Å². The van der Waals surface area contributed by atoms with E-state index in [-0.39, 0.29) is 30.2 Å². The molecule has 1 fully saturated rings. The van der Waals surface area contributed by atoms with E-state index in [9.17, 15) is 14.7 Å². The summed E-state index contributed by atoms with van der Waals surface area (Å²) in [5, 5.41) is 18.1. The Morgan fingerprint density at radius 2 is 2.28 bits per heavy atom. The molecule has 0 aliphatic carbocycles. The minimum absolute atomic E-state index is 0.0472. The average molecular weight is 272 g/mol. The van der Waals surface area contributed by atoms with E-state index >= 15 is 0 Å². The lowest BCUT2D eigenvalue weighted by Gasteiger charge is -2.43. The standard InChI is InChI=1S/C11H16N2O4S/c12-2-4-18-8-5-7-6(1-3-14)10(15)13(7)9(8)11(16)17/h6-7,14H,1-5,12H2,(H,16,17)/t6-,7-/m1/s1. The Balaban J connectivity index is 2.16. The van der Waals surface area contributed by atoms with Crippen molar-refractivity contribution in [2.75, 3.05) is 18.9 Å². The summed E-state index contributed by atoms with van der Waals surface area (Å²) in [5.74, 6) is -0.839. The molecule has 2 atom stereocenters. The summed E-state index contributed by atoms with van der Waals surface area (Å²) in [6.07, 6.45) is 0.977. The van der Waals surface area contributed by atoms with Crippen molar-refractivity contribution in [1.29, 1.82) is 0 Å². The lowest BCUT2D eigenvalue weighted by atomic mass is 9.85. The maximum absolute atomic E-state index is 11.9. The van der Waals surface area contributed by atoms with Crippen molar-refractivity contribution in [3.05, 3.63) is 10.6 Å². The third-order valence-electron chi connectivity index (χ3n) is 3.29. The summed E-state index contributed by atoms with van der Waals surface area (Å²) in [4.78, 5) is 25.2. The van der Waals surface area contributed by atoms with E-state index < -0.39 is 5.97 Å². The van der Waals surface area contributed by atoms with Gasteiger partial charge < -0.3 is 20.8 Å². The maximum atomic E-state index is 11.9. The number of aliphatic hydroxyl groups excluding tert-OH is 1. The van der Waals surface area contributed by atoms with Crippen LogP contribution in [-0.4, -0.2) is 51.9 Å². The van der Waals surface area contributed by atoms with Crippen LogP contribution in [0.2, 0.25) is 0 Å². The van der Waals surface area contributed by atoms with Crippen LogP contribution in [0.3, 0.4) is 0 Å². The molecule has 0 unspecified atom stereocenters. The largest absolute Gasteiger partial charge is 0.477 e. The summed E-state index contributed by atoms with van der Waals surface area (Å²) < 4.78 is 0. The van der Waals surface area contributed by atoms with Gasteiger partial charge in [-0.3, -0.25) is 4.79 Å². The van der Waals surface area contributed by atoms with Crippen molar-refractivity contribution >= 4 is 23.6 Å². The molecule has 0 aromatic rings. The normalized spacial score (nSPS) is 26.3. The van der Waals surface area contributed by atoms with Crippen LogP contribution in [0.4, 0.5) is 0 Å². The molecule has 6 nitrogen and oxygen atoms in total. The maximum Gasteiger partial charge on any atom is 0.353 e. The minimum atomic E-state index is -1.06. The molecule has 1 saturated heterocycles. The highest BCUT2D eigenvalue weighted by Gasteiger charge is 2.54. The van der Waals surface area contributed by atoms with Gasteiger partial charge in [0, 0.05) is 30.2 Å². The fourth-order valence-corrected chi connectivity index (χ4v) is 3.50. The number of carbonyl (C=O) groups is 2. The van der Waals surface area contributed by atoms with Gasteiger partial charge in [-0.15, -0.1) is 11.8 Å². The molecule has 0 bridgehead atoms. The summed E-state index contributed by atoms with van der Waals surface area (Å²) >= 11 is 1.41. The molecule has 2 rings (SSSR count). The number of thioether (sulfide) groups is 1. The number of carbonyl (C=O) groups excluding carboxylic acids is 1. The summed E-state index contributed by atoms with van der Waals surface area (Å²) in [6.45, 7) is 0.425. The minimum Gasteiger partial charge on any atom is -0.477 e. The zero-order valence-corrected chi connectivity index (χ0v) is 10.7. The van der Waals surface area contributed by atoms with Crippen molar-refractivity contribution in [2.24, 2.45) is 11.7 Å². The Kier molecular flexibility index (Phi) is 3.94. The highest BCUT2D eigenvalue weighted by Crippen LogP contribution is 2.46. The lowest BCUT2D eigenvalue weighted by Crippen LogP contribution is -2.58. The summed E-state index contributed by atoms with van der Waals surface area (Å²) in [5.41, 5.74) is 5.52. The van der Waals surface area contributed by atoms with Gasteiger partial charge in [0.15, 0.2) is 0 Å². The van der Waals surface area contributed by atoms with Crippen molar-refractivity contribution in [2.45, 2.75) is 18.9 Å². The number of hydrogen-bond donors (Lipinski definition) is 3. The fraction of sp³-hybridized carbons (Fsp3) is 0.636. The van der Waals surface area contributed by atoms with Gasteiger partial charge in [0.2, 0.25) is 5.91 Å². The van der Waals surface area contributed by atoms with Crippen LogP contribution < -0.4 is 5.73 Å². The van der Waals surface area contributed by atoms with E-state index in [1.54, 1.807) is 0 Å². The molecule has 2 aliphatic heterocycles. The van der Waals surface area contributed by atoms with Crippen molar-refractivity contribution in [1.82, 2.24) is 4.90 Å². The number of hydrogen-bond acceptors (Lipinski definition) is 5. The van der Waals surface area contributed by atoms with E-state index in [1.165, 1.54) is 16.7 Å². The van der Waals surface area contributed by atoms with Crippen molar-refractivity contribution < 1.29 is 19.8 Å². The number of carboxylic acids is 1. The molecule has 0 radical (unpaired) electrons. The average Bonchev–Trinajstić information content (AvgIpc) is 2.68. The second-order valence-electron chi connectivity index (χ2n) is 4.31. The van der Waals surface area contributed by atoms with Crippen LogP contribution in [0.1, 0.15) is 12.8 Å². The third kappa shape index (κ3) is 2.02. The van der Waals surface area contributed by atoms with Crippen LogP contribution >= 0.6 is 11.8 Å². The van der Waals surface area contributed by atoms with Crippen LogP contribution in [0.25, 0.3) is 0 Å². The zero-order valence-electron chi connectivity index (χ0n) is 9.83. The number of nitrogens with zero attached hydrogens (tertiary/aromatic N) is 1. The first-order chi connectivity index (χ1) is 8.61. The molecule has 0 aromatic carbocycles. The first-order valence-corrected chi connectivity index (χ1v) is 6.83. The van der Waals surface area contributed by atoms with Gasteiger partial charge >= 0.3 is 5.97 Å². The highest BCUT2D eigenvalue weighted by molar-refractivity contribution is 8.03. The van der Waals surface area contributed by atoms with E-state index in [2.05, 4.69) is 0 Å². The van der Waals surface area contributed by atoms with Crippen molar-refractivity contribution in [3.63, 3.8) is 0 Å². The number of carboxylic acid groups (broad SMARTS) is 1. The molecule has 0 saturated carbocycles. The molecule has 0 spiro atoms. The monoisotopic (exact) mass is 272 g/mol. The predicted octanol–water partition coefficient (Wildman–Crippen LogP) is -0.412. The Morgan fingerprint density at radius 1 is 1.56 bits per heavy atom. The third-order valence-corrected chi connectivity index (χ3v) is 4.44. The molecular weight excluding hydrogens is 256 g/mol. The Labute approximate surface area is 109 Å². The first-order valence-electron chi connectivity index (χ1n) is 5.85. The SMILES string of the molecule is NCCSC1=C(C(=O)O)N2C(=O)[C@H](CCO)[C@H]2C1. The summed E-state index contributed by atoms with van der Waals surface area (Å²) in [6, 6.07) is -0.0870. The molecule has 7 heteroatoms. The second kappa shape index (κ2) is 5.29. The number of nitrogens with two attached hydrogens (primary N) is 1. The quantitative estimate of drug-likeness (QED) is 0.568. The predicted molar refractivity (Wildman–Crippen MR) is 66.6 cm³/mol. The van der Waals surface area contributed by atoms with E-state index in [0.29, 0.717) is 25.1 Å². The van der Waals surface area contributed by atoms with Gasteiger partial charge in [-0.05, 0) is 6.42 Å². The number of β-lactam (4-membered cyclic amide) rings is 1. The van der Waals surface area contributed by atoms with Gasteiger partial charge in [-0.1, -0.05) is 0 Å². The van der Waals surface area contributed by atoms with Gasteiger partial charge in [-0.25, -0.2) is 4.79 Å². The molecule has 100 valence electrons. The molecule has 4 N–H and O–H groups in total. The number of fused-ring (bicyclic) bond motifs is 1. The second-order valence-corrected chi connectivity index (χ2v) is 5.50. The van der Waals surface area contributed by atoms with Crippen LogP contribution in [0.5, 0.6) is 0 Å². The van der Waals surface area contributed by atoms with E-state index in [0.717, 1.165) is 4.91 Å². The van der Waals surface area contributed by atoms with Gasteiger partial charge in [-0.2, -0.15) is 0 Å². The van der Waals surface area contributed by atoms with Crippen LogP contribution in [-0.2, 0) is 9.59 Å². The fourth-order valence-electron chi connectivity index (χ4n) is 2.52. The van der Waals surface area contributed by atoms with Gasteiger partial charge in [0.05, 0.1) is 12.0 Å². The first kappa shape index (κ1) is 13.4. The molecular formula is C11H16N2O4S.